The molecule has 4 nitrogen and oxygen atoms in total. The molecule has 1 heterocycles. The van der Waals surface area contributed by atoms with Crippen molar-refractivity contribution in [3.8, 4) is 5.75 Å². The van der Waals surface area contributed by atoms with E-state index in [-0.39, 0.29) is 12.4 Å². The predicted octanol–water partition coefficient (Wildman–Crippen LogP) is 5.51. The van der Waals surface area contributed by atoms with Gasteiger partial charge in [-0.25, -0.2) is 4.39 Å². The molecule has 4 rings (SSSR count). The Kier molecular flexibility index (Phi) is 6.72. The van der Waals surface area contributed by atoms with Gasteiger partial charge < -0.3 is 19.7 Å². The van der Waals surface area contributed by atoms with E-state index in [1.54, 1.807) is 12.1 Å². The zero-order valence-electron chi connectivity index (χ0n) is 16.6. The standard InChI is InChI=1S/C24H24ClFN2O2/c25-23-5-2-6-24(26)22(23)17-30-21-4-1-3-18(15-21)16-27-19-7-9-20(10-8-19)28-11-13-29-14-12-28/h1-10,15,27H,11-14,16-17H2. The molecular formula is C24H24ClFN2O2. The Morgan fingerprint density at radius 3 is 2.53 bits per heavy atom. The highest BCUT2D eigenvalue weighted by Gasteiger charge is 2.11. The molecule has 0 amide bonds. The number of anilines is 2. The minimum Gasteiger partial charge on any atom is -0.489 e. The van der Waals surface area contributed by atoms with Crippen LogP contribution in [-0.2, 0) is 17.9 Å². The van der Waals surface area contributed by atoms with Crippen LogP contribution < -0.4 is 15.0 Å². The van der Waals surface area contributed by atoms with Gasteiger partial charge in [-0.2, -0.15) is 0 Å². The van der Waals surface area contributed by atoms with E-state index in [0.29, 0.717) is 22.9 Å². The Bertz CT molecular complexity index is 955. The quantitative estimate of drug-likeness (QED) is 0.540. The molecule has 156 valence electrons. The maximum atomic E-state index is 13.9. The van der Waals surface area contributed by atoms with Gasteiger partial charge in [0.1, 0.15) is 18.2 Å². The number of hydrogen-bond acceptors (Lipinski definition) is 4. The van der Waals surface area contributed by atoms with Crippen LogP contribution in [0.3, 0.4) is 0 Å². The first-order valence-corrected chi connectivity index (χ1v) is 10.4. The number of rotatable bonds is 7. The van der Waals surface area contributed by atoms with Crippen LogP contribution in [0, 0.1) is 5.82 Å². The van der Waals surface area contributed by atoms with Crippen LogP contribution in [0.4, 0.5) is 15.8 Å². The highest BCUT2D eigenvalue weighted by molar-refractivity contribution is 6.31. The number of hydrogen-bond donors (Lipinski definition) is 1. The largest absolute Gasteiger partial charge is 0.489 e. The van der Waals surface area contributed by atoms with Gasteiger partial charge in [0.15, 0.2) is 0 Å². The zero-order valence-corrected chi connectivity index (χ0v) is 17.4. The monoisotopic (exact) mass is 426 g/mol. The Labute approximate surface area is 181 Å². The van der Waals surface area contributed by atoms with Crippen LogP contribution in [0.25, 0.3) is 0 Å². The fraction of sp³-hybridized carbons (Fsp3) is 0.250. The van der Waals surface area contributed by atoms with E-state index in [0.717, 1.165) is 37.6 Å². The highest BCUT2D eigenvalue weighted by atomic mass is 35.5. The summed E-state index contributed by atoms with van der Waals surface area (Å²) in [5, 5.41) is 3.80. The zero-order chi connectivity index (χ0) is 20.8. The summed E-state index contributed by atoms with van der Waals surface area (Å²) >= 11 is 6.07. The summed E-state index contributed by atoms with van der Waals surface area (Å²) in [6, 6.07) is 20.8. The summed E-state index contributed by atoms with van der Waals surface area (Å²) in [7, 11) is 0. The first kappa shape index (κ1) is 20.5. The molecule has 0 atom stereocenters. The highest BCUT2D eigenvalue weighted by Crippen LogP contribution is 2.23. The molecule has 3 aromatic rings. The predicted molar refractivity (Wildman–Crippen MR) is 119 cm³/mol. The molecule has 0 spiro atoms. The van der Waals surface area contributed by atoms with Gasteiger partial charge in [0.25, 0.3) is 0 Å². The maximum Gasteiger partial charge on any atom is 0.131 e. The molecule has 1 fully saturated rings. The average Bonchev–Trinajstić information content (AvgIpc) is 2.79. The van der Waals surface area contributed by atoms with E-state index >= 15 is 0 Å². The SMILES string of the molecule is Fc1cccc(Cl)c1COc1cccc(CNc2ccc(N3CCOCC3)cc2)c1. The summed E-state index contributed by atoms with van der Waals surface area (Å²) in [6.07, 6.45) is 0. The van der Waals surface area contributed by atoms with Gasteiger partial charge in [0.05, 0.1) is 18.2 Å². The minimum atomic E-state index is -0.360. The Morgan fingerprint density at radius 1 is 1.00 bits per heavy atom. The summed E-state index contributed by atoms with van der Waals surface area (Å²) < 4.78 is 25.1. The van der Waals surface area contributed by atoms with Crippen molar-refractivity contribution < 1.29 is 13.9 Å². The molecular weight excluding hydrogens is 403 g/mol. The maximum absolute atomic E-state index is 13.9. The molecule has 3 aromatic carbocycles. The summed E-state index contributed by atoms with van der Waals surface area (Å²) in [4.78, 5) is 2.33. The molecule has 1 aliphatic heterocycles. The Hall–Kier alpha value is -2.76. The minimum absolute atomic E-state index is 0.0887. The number of benzene rings is 3. The van der Waals surface area contributed by atoms with Gasteiger partial charge in [-0.1, -0.05) is 29.8 Å². The topological polar surface area (TPSA) is 33.7 Å². The van der Waals surface area contributed by atoms with E-state index < -0.39 is 0 Å². The van der Waals surface area contributed by atoms with Crippen LogP contribution in [0.15, 0.2) is 66.7 Å². The number of halogens is 2. The van der Waals surface area contributed by atoms with Crippen LogP contribution in [0.2, 0.25) is 5.02 Å². The van der Waals surface area contributed by atoms with Crippen LogP contribution in [0.1, 0.15) is 11.1 Å². The fourth-order valence-corrected chi connectivity index (χ4v) is 3.60. The molecule has 6 heteroatoms. The van der Waals surface area contributed by atoms with Crippen molar-refractivity contribution in [2.45, 2.75) is 13.2 Å². The van der Waals surface area contributed by atoms with Gasteiger partial charge in [0.2, 0.25) is 0 Å². The molecule has 1 saturated heterocycles. The summed E-state index contributed by atoms with van der Waals surface area (Å²) in [6.45, 7) is 4.17. The third-order valence-corrected chi connectivity index (χ3v) is 5.44. The van der Waals surface area contributed by atoms with Gasteiger partial charge in [-0.15, -0.1) is 0 Å². The number of nitrogens with one attached hydrogen (secondary N) is 1. The van der Waals surface area contributed by atoms with Crippen molar-refractivity contribution in [1.82, 2.24) is 0 Å². The van der Waals surface area contributed by atoms with E-state index in [2.05, 4.69) is 34.5 Å². The van der Waals surface area contributed by atoms with Gasteiger partial charge in [0, 0.05) is 36.6 Å². The Morgan fingerprint density at radius 2 is 1.77 bits per heavy atom. The molecule has 1 N–H and O–H groups in total. The molecule has 1 aliphatic rings. The van der Waals surface area contributed by atoms with Crippen LogP contribution >= 0.6 is 11.6 Å². The lowest BCUT2D eigenvalue weighted by atomic mass is 10.2. The lowest BCUT2D eigenvalue weighted by molar-refractivity contribution is 0.122. The molecule has 0 saturated carbocycles. The number of morpholine rings is 1. The van der Waals surface area contributed by atoms with E-state index in [1.807, 2.05) is 24.3 Å². The summed E-state index contributed by atoms with van der Waals surface area (Å²) in [5.41, 5.74) is 3.70. The molecule has 0 radical (unpaired) electrons. The second kappa shape index (κ2) is 9.83. The average molecular weight is 427 g/mol. The third kappa shape index (κ3) is 5.23. The van der Waals surface area contributed by atoms with Crippen molar-refractivity contribution in [3.05, 3.63) is 88.7 Å². The first-order chi connectivity index (χ1) is 14.7. The van der Waals surface area contributed by atoms with E-state index in [1.165, 1.54) is 11.8 Å². The molecule has 0 aliphatic carbocycles. The van der Waals surface area contributed by atoms with E-state index in [4.69, 9.17) is 21.1 Å². The molecule has 0 aromatic heterocycles. The second-order valence-corrected chi connectivity index (χ2v) is 7.54. The lowest BCUT2D eigenvalue weighted by Crippen LogP contribution is -2.36. The Balaban J connectivity index is 1.33. The third-order valence-electron chi connectivity index (χ3n) is 5.08. The molecule has 0 bridgehead atoms. The van der Waals surface area contributed by atoms with Gasteiger partial charge in [-0.05, 0) is 54.1 Å². The lowest BCUT2D eigenvalue weighted by Gasteiger charge is -2.28. The second-order valence-electron chi connectivity index (χ2n) is 7.14. The van der Waals surface area contributed by atoms with E-state index in [9.17, 15) is 4.39 Å². The first-order valence-electron chi connectivity index (χ1n) is 10.0. The van der Waals surface area contributed by atoms with Crippen molar-refractivity contribution in [3.63, 3.8) is 0 Å². The van der Waals surface area contributed by atoms with Crippen molar-refractivity contribution in [1.29, 1.82) is 0 Å². The van der Waals surface area contributed by atoms with Crippen molar-refractivity contribution >= 4 is 23.0 Å². The number of ether oxygens (including phenoxy) is 2. The molecule has 0 unspecified atom stereocenters. The van der Waals surface area contributed by atoms with Gasteiger partial charge >= 0.3 is 0 Å². The van der Waals surface area contributed by atoms with Crippen LogP contribution in [0.5, 0.6) is 5.75 Å². The molecule has 30 heavy (non-hydrogen) atoms. The number of nitrogens with zero attached hydrogens (tertiary/aromatic N) is 1. The normalized spacial score (nSPS) is 13.9. The van der Waals surface area contributed by atoms with Crippen molar-refractivity contribution in [2.75, 3.05) is 36.5 Å². The smallest absolute Gasteiger partial charge is 0.131 e. The van der Waals surface area contributed by atoms with Crippen molar-refractivity contribution in [2.24, 2.45) is 0 Å². The van der Waals surface area contributed by atoms with Crippen LogP contribution in [-0.4, -0.2) is 26.3 Å². The fourth-order valence-electron chi connectivity index (χ4n) is 3.39. The van der Waals surface area contributed by atoms with Gasteiger partial charge in [-0.3, -0.25) is 0 Å². The summed E-state index contributed by atoms with van der Waals surface area (Å²) in [5.74, 6) is 0.317.